The van der Waals surface area contributed by atoms with Crippen molar-refractivity contribution in [2.45, 2.75) is 39.5 Å². The molecular weight excluding hydrogens is 302 g/mol. The van der Waals surface area contributed by atoms with E-state index in [4.69, 9.17) is 0 Å². The Labute approximate surface area is 141 Å². The minimum absolute atomic E-state index is 0.269. The molecule has 3 aromatic rings. The summed E-state index contributed by atoms with van der Waals surface area (Å²) in [5.41, 5.74) is 3.36. The predicted octanol–water partition coefficient (Wildman–Crippen LogP) is 1.80. The van der Waals surface area contributed by atoms with E-state index in [1.165, 1.54) is 5.69 Å². The minimum Gasteiger partial charge on any atom is -0.328 e. The average molecular weight is 323 g/mol. The molecule has 124 valence electrons. The molecule has 24 heavy (non-hydrogen) atoms. The highest BCUT2D eigenvalue weighted by atomic mass is 15.3. The van der Waals surface area contributed by atoms with Gasteiger partial charge in [-0.3, -0.25) is 9.88 Å². The first-order valence-corrected chi connectivity index (χ1v) is 8.24. The van der Waals surface area contributed by atoms with E-state index >= 15 is 0 Å². The lowest BCUT2D eigenvalue weighted by molar-refractivity contribution is 0.153. The fraction of sp³-hybridized carbons (Fsp3) is 0.412. The Bertz CT molecular complexity index is 821. The molecule has 0 N–H and O–H groups in total. The van der Waals surface area contributed by atoms with Crippen LogP contribution in [-0.4, -0.2) is 40.7 Å². The van der Waals surface area contributed by atoms with Crippen molar-refractivity contribution >= 4 is 0 Å². The number of aromatic nitrogens is 6. The molecular formula is C17H21N7. The Kier molecular flexibility index (Phi) is 3.86. The second kappa shape index (κ2) is 6.16. The molecule has 7 nitrogen and oxygen atoms in total. The zero-order chi connectivity index (χ0) is 16.5. The highest BCUT2D eigenvalue weighted by Gasteiger charge is 2.27. The van der Waals surface area contributed by atoms with E-state index in [2.05, 4.69) is 48.6 Å². The summed E-state index contributed by atoms with van der Waals surface area (Å²) in [6.07, 6.45) is 5.26. The molecule has 4 rings (SSSR count). The van der Waals surface area contributed by atoms with Crippen molar-refractivity contribution in [1.29, 1.82) is 0 Å². The van der Waals surface area contributed by atoms with E-state index < -0.39 is 0 Å². The van der Waals surface area contributed by atoms with Gasteiger partial charge < -0.3 is 4.57 Å². The summed E-state index contributed by atoms with van der Waals surface area (Å²) < 4.78 is 4.14. The molecule has 0 amide bonds. The van der Waals surface area contributed by atoms with E-state index in [9.17, 15) is 0 Å². The number of imidazole rings is 1. The van der Waals surface area contributed by atoms with E-state index in [0.29, 0.717) is 6.54 Å². The minimum atomic E-state index is 0.269. The monoisotopic (exact) mass is 323 g/mol. The number of fused-ring (bicyclic) bond motifs is 1. The first-order chi connectivity index (χ1) is 11.7. The molecule has 1 aliphatic rings. The maximum atomic E-state index is 4.67. The molecule has 0 saturated carbocycles. The van der Waals surface area contributed by atoms with Gasteiger partial charge in [-0.05, 0) is 26.0 Å². The summed E-state index contributed by atoms with van der Waals surface area (Å²) in [6, 6.07) is 6.47. The first kappa shape index (κ1) is 15.0. The largest absolute Gasteiger partial charge is 0.328 e. The SMILES string of the molecule is Cc1cccc(CN2CCn3c(Cn4cncn4)cnc3C2C)n1. The van der Waals surface area contributed by atoms with Crippen LogP contribution in [0.5, 0.6) is 0 Å². The number of hydrogen-bond donors (Lipinski definition) is 0. The van der Waals surface area contributed by atoms with Crippen LogP contribution in [0.1, 0.15) is 35.9 Å². The summed E-state index contributed by atoms with van der Waals surface area (Å²) in [6.45, 7) is 7.74. The van der Waals surface area contributed by atoms with Crippen LogP contribution < -0.4 is 0 Å². The summed E-state index contributed by atoms with van der Waals surface area (Å²) >= 11 is 0. The highest BCUT2D eigenvalue weighted by Crippen LogP contribution is 2.26. The molecule has 1 aliphatic heterocycles. The molecule has 1 atom stereocenters. The second-order valence-corrected chi connectivity index (χ2v) is 6.27. The van der Waals surface area contributed by atoms with Crippen LogP contribution in [0, 0.1) is 6.92 Å². The average Bonchev–Trinajstić information content (AvgIpc) is 3.21. The Balaban J connectivity index is 1.53. The molecule has 1 unspecified atom stereocenters. The Morgan fingerprint density at radius 3 is 2.92 bits per heavy atom. The molecule has 0 bridgehead atoms. The van der Waals surface area contributed by atoms with Crippen LogP contribution in [0.25, 0.3) is 0 Å². The smallest absolute Gasteiger partial charge is 0.137 e. The lowest BCUT2D eigenvalue weighted by Crippen LogP contribution is -2.37. The van der Waals surface area contributed by atoms with Gasteiger partial charge in [-0.1, -0.05) is 6.07 Å². The normalized spacial score (nSPS) is 17.8. The Hall–Kier alpha value is -2.54. The van der Waals surface area contributed by atoms with E-state index in [1.54, 1.807) is 12.7 Å². The van der Waals surface area contributed by atoms with Gasteiger partial charge in [0.25, 0.3) is 0 Å². The second-order valence-electron chi connectivity index (χ2n) is 6.27. The quantitative estimate of drug-likeness (QED) is 0.732. The van der Waals surface area contributed by atoms with Gasteiger partial charge in [0.05, 0.1) is 30.2 Å². The van der Waals surface area contributed by atoms with E-state index in [-0.39, 0.29) is 6.04 Å². The van der Waals surface area contributed by atoms with E-state index in [1.807, 2.05) is 23.9 Å². The third-order valence-electron chi connectivity index (χ3n) is 4.60. The van der Waals surface area contributed by atoms with Crippen molar-refractivity contribution in [2.24, 2.45) is 0 Å². The molecule has 7 heteroatoms. The first-order valence-electron chi connectivity index (χ1n) is 8.24. The van der Waals surface area contributed by atoms with Gasteiger partial charge in [-0.25, -0.2) is 14.6 Å². The highest BCUT2D eigenvalue weighted by molar-refractivity contribution is 5.14. The van der Waals surface area contributed by atoms with Crippen LogP contribution in [-0.2, 0) is 19.6 Å². The van der Waals surface area contributed by atoms with Crippen molar-refractivity contribution in [3.63, 3.8) is 0 Å². The number of nitrogens with zero attached hydrogens (tertiary/aromatic N) is 7. The number of rotatable bonds is 4. The third kappa shape index (κ3) is 2.82. The lowest BCUT2D eigenvalue weighted by Gasteiger charge is -2.34. The standard InChI is InChI=1S/C17H21N7/c1-13-4-3-5-15(21-13)9-22-6-7-24-16(8-19-17(24)14(22)2)10-23-12-18-11-20-23/h3-5,8,11-12,14H,6-7,9-10H2,1-2H3. The molecule has 4 heterocycles. The zero-order valence-electron chi connectivity index (χ0n) is 14.0. The van der Waals surface area contributed by atoms with Gasteiger partial charge in [-0.15, -0.1) is 0 Å². The van der Waals surface area contributed by atoms with Gasteiger partial charge in [0, 0.05) is 25.3 Å². The van der Waals surface area contributed by atoms with Crippen LogP contribution in [0.3, 0.4) is 0 Å². The van der Waals surface area contributed by atoms with Gasteiger partial charge in [0.2, 0.25) is 0 Å². The van der Waals surface area contributed by atoms with E-state index in [0.717, 1.165) is 36.8 Å². The lowest BCUT2D eigenvalue weighted by atomic mass is 10.2. The number of aryl methyl sites for hydroxylation is 1. The van der Waals surface area contributed by atoms with Crippen LogP contribution in [0.15, 0.2) is 37.1 Å². The predicted molar refractivity (Wildman–Crippen MR) is 89.2 cm³/mol. The van der Waals surface area contributed by atoms with Crippen molar-refractivity contribution in [3.8, 4) is 0 Å². The third-order valence-corrected chi connectivity index (χ3v) is 4.60. The fourth-order valence-electron chi connectivity index (χ4n) is 3.32. The molecule has 3 aromatic heterocycles. The molecule has 0 aliphatic carbocycles. The molecule has 0 radical (unpaired) electrons. The van der Waals surface area contributed by atoms with Crippen LogP contribution in [0.4, 0.5) is 0 Å². The van der Waals surface area contributed by atoms with Gasteiger partial charge in [0.15, 0.2) is 0 Å². The van der Waals surface area contributed by atoms with Crippen LogP contribution in [0.2, 0.25) is 0 Å². The van der Waals surface area contributed by atoms with Gasteiger partial charge in [-0.2, -0.15) is 5.10 Å². The van der Waals surface area contributed by atoms with Crippen molar-refractivity contribution in [1.82, 2.24) is 34.2 Å². The van der Waals surface area contributed by atoms with Crippen molar-refractivity contribution in [2.75, 3.05) is 6.54 Å². The zero-order valence-corrected chi connectivity index (χ0v) is 14.0. The van der Waals surface area contributed by atoms with Gasteiger partial charge in [0.1, 0.15) is 18.5 Å². The summed E-state index contributed by atoms with van der Waals surface area (Å²) in [5.74, 6) is 1.11. The maximum Gasteiger partial charge on any atom is 0.137 e. The van der Waals surface area contributed by atoms with Crippen LogP contribution >= 0.6 is 0 Å². The maximum absolute atomic E-state index is 4.67. The molecule has 0 aromatic carbocycles. The Morgan fingerprint density at radius 2 is 2.12 bits per heavy atom. The summed E-state index contributed by atoms with van der Waals surface area (Å²) in [5, 5.41) is 4.18. The summed E-state index contributed by atoms with van der Waals surface area (Å²) in [4.78, 5) is 15.7. The van der Waals surface area contributed by atoms with Gasteiger partial charge >= 0.3 is 0 Å². The molecule has 0 spiro atoms. The van der Waals surface area contributed by atoms with Crippen molar-refractivity contribution < 1.29 is 0 Å². The summed E-state index contributed by atoms with van der Waals surface area (Å²) in [7, 11) is 0. The fourth-order valence-corrected chi connectivity index (χ4v) is 3.32. The number of pyridine rings is 1. The Morgan fingerprint density at radius 1 is 1.21 bits per heavy atom. The topological polar surface area (TPSA) is 64.7 Å². The number of hydrogen-bond acceptors (Lipinski definition) is 5. The molecule has 0 fully saturated rings. The molecule has 0 saturated heterocycles. The van der Waals surface area contributed by atoms with Crippen molar-refractivity contribution in [3.05, 3.63) is 60.0 Å².